The topological polar surface area (TPSA) is 62.8 Å². The van der Waals surface area contributed by atoms with Crippen LogP contribution >= 0.6 is 0 Å². The van der Waals surface area contributed by atoms with Crippen LogP contribution < -0.4 is 5.56 Å². The van der Waals surface area contributed by atoms with E-state index < -0.39 is 40.2 Å². The van der Waals surface area contributed by atoms with Gasteiger partial charge in [0.1, 0.15) is 17.3 Å². The number of alkyl halides is 3. The SMILES string of the molecule is CC(C)(C)[C@@H](CC(=O)c1cc(=O)[nH]c(-c2ccccc2)n1)c1ccc(C(F)(F)F)cc1F. The normalized spacial score (nSPS) is 13.1. The van der Waals surface area contributed by atoms with Gasteiger partial charge in [0, 0.05) is 18.1 Å². The summed E-state index contributed by atoms with van der Waals surface area (Å²) in [4.78, 5) is 32.0. The third-order valence-corrected chi connectivity index (χ3v) is 5.21. The van der Waals surface area contributed by atoms with Crippen LogP contribution in [0, 0.1) is 11.2 Å². The Balaban J connectivity index is 1.97. The first-order valence-electron chi connectivity index (χ1n) is 9.93. The van der Waals surface area contributed by atoms with Gasteiger partial charge < -0.3 is 4.98 Å². The molecule has 32 heavy (non-hydrogen) atoms. The Morgan fingerprint density at radius 2 is 1.69 bits per heavy atom. The second kappa shape index (κ2) is 8.68. The van der Waals surface area contributed by atoms with Crippen LogP contribution in [-0.2, 0) is 6.18 Å². The maximum atomic E-state index is 14.7. The number of Topliss-reactive ketones (excluding diaryl/α,β-unsaturated/α-hetero) is 1. The number of halogens is 4. The van der Waals surface area contributed by atoms with Crippen molar-refractivity contribution in [3.8, 4) is 11.4 Å². The Morgan fingerprint density at radius 1 is 1.03 bits per heavy atom. The standard InChI is InChI=1S/C24H22F4N2O2/c1-23(2,3)17(16-10-9-15(11-18(16)25)24(26,27)28)12-20(31)19-13-21(32)30-22(29-19)14-7-5-4-6-8-14/h4-11,13,17H,12H2,1-3H3,(H,29,30,32)/t17-/m0/s1. The molecular formula is C24H22F4N2O2. The van der Waals surface area contributed by atoms with Gasteiger partial charge in [0.05, 0.1) is 5.56 Å². The number of hydrogen-bond acceptors (Lipinski definition) is 3. The Hall–Kier alpha value is -3.29. The summed E-state index contributed by atoms with van der Waals surface area (Å²) in [6.45, 7) is 5.30. The first-order valence-corrected chi connectivity index (χ1v) is 9.93. The van der Waals surface area contributed by atoms with Crippen molar-refractivity contribution in [2.24, 2.45) is 5.41 Å². The summed E-state index contributed by atoms with van der Waals surface area (Å²) < 4.78 is 53.4. The van der Waals surface area contributed by atoms with E-state index in [0.29, 0.717) is 11.6 Å². The molecule has 0 amide bonds. The van der Waals surface area contributed by atoms with Crippen molar-refractivity contribution in [1.82, 2.24) is 9.97 Å². The molecule has 8 heteroatoms. The summed E-state index contributed by atoms with van der Waals surface area (Å²) in [5.41, 5.74) is -1.74. The van der Waals surface area contributed by atoms with Crippen LogP contribution in [0.4, 0.5) is 17.6 Å². The van der Waals surface area contributed by atoms with Crippen molar-refractivity contribution in [3.63, 3.8) is 0 Å². The molecule has 3 rings (SSSR count). The fourth-order valence-electron chi connectivity index (χ4n) is 3.49. The first-order chi connectivity index (χ1) is 14.9. The lowest BCUT2D eigenvalue weighted by Gasteiger charge is -2.31. The molecule has 1 N–H and O–H groups in total. The first kappa shape index (κ1) is 23.4. The van der Waals surface area contributed by atoms with Crippen LogP contribution in [-0.4, -0.2) is 15.8 Å². The smallest absolute Gasteiger partial charge is 0.306 e. The number of nitrogens with one attached hydrogen (secondary N) is 1. The van der Waals surface area contributed by atoms with E-state index in [0.717, 1.165) is 18.2 Å². The summed E-state index contributed by atoms with van der Waals surface area (Å²) >= 11 is 0. The highest BCUT2D eigenvalue weighted by Crippen LogP contribution is 2.41. The molecule has 0 fully saturated rings. The van der Waals surface area contributed by atoms with Crippen LogP contribution in [0.1, 0.15) is 54.7 Å². The van der Waals surface area contributed by atoms with Gasteiger partial charge in [-0.05, 0) is 29.0 Å². The molecule has 0 unspecified atom stereocenters. The highest BCUT2D eigenvalue weighted by atomic mass is 19.4. The number of carbonyl (C=O) groups is 1. The van der Waals surface area contributed by atoms with E-state index in [-0.39, 0.29) is 23.5 Å². The van der Waals surface area contributed by atoms with Crippen LogP contribution in [0.5, 0.6) is 0 Å². The third-order valence-electron chi connectivity index (χ3n) is 5.21. The summed E-state index contributed by atoms with van der Waals surface area (Å²) in [5, 5.41) is 0. The summed E-state index contributed by atoms with van der Waals surface area (Å²) in [5.74, 6) is -2.06. The molecular weight excluding hydrogens is 424 g/mol. The van der Waals surface area contributed by atoms with Gasteiger partial charge in [-0.15, -0.1) is 0 Å². The number of hydrogen-bond donors (Lipinski definition) is 1. The van der Waals surface area contributed by atoms with E-state index in [4.69, 9.17) is 0 Å². The number of nitrogens with zero attached hydrogens (tertiary/aromatic N) is 1. The summed E-state index contributed by atoms with van der Waals surface area (Å²) in [7, 11) is 0. The second-order valence-electron chi connectivity index (χ2n) is 8.63. The zero-order valence-corrected chi connectivity index (χ0v) is 17.8. The van der Waals surface area contributed by atoms with Gasteiger partial charge in [-0.2, -0.15) is 13.2 Å². The predicted molar refractivity (Wildman–Crippen MR) is 113 cm³/mol. The Kier molecular flexibility index (Phi) is 6.34. The molecule has 0 aliphatic carbocycles. The average Bonchev–Trinajstić information content (AvgIpc) is 2.71. The lowest BCUT2D eigenvalue weighted by atomic mass is 9.73. The number of H-pyrrole nitrogens is 1. The Labute approximate surface area is 182 Å². The minimum atomic E-state index is -4.67. The molecule has 0 aliphatic rings. The van der Waals surface area contributed by atoms with E-state index in [2.05, 4.69) is 9.97 Å². The average molecular weight is 446 g/mol. The van der Waals surface area contributed by atoms with Gasteiger partial charge in [-0.3, -0.25) is 9.59 Å². The molecule has 2 aromatic carbocycles. The van der Waals surface area contributed by atoms with E-state index in [1.165, 1.54) is 0 Å². The lowest BCUT2D eigenvalue weighted by Crippen LogP contribution is -2.24. The van der Waals surface area contributed by atoms with Crippen molar-refractivity contribution in [1.29, 1.82) is 0 Å². The number of ketones is 1. The van der Waals surface area contributed by atoms with Crippen LogP contribution in [0.25, 0.3) is 11.4 Å². The zero-order chi connectivity index (χ0) is 23.7. The number of benzene rings is 2. The molecule has 1 heterocycles. The molecule has 4 nitrogen and oxygen atoms in total. The lowest BCUT2D eigenvalue weighted by molar-refractivity contribution is -0.137. The molecule has 3 aromatic rings. The Morgan fingerprint density at radius 3 is 2.25 bits per heavy atom. The van der Waals surface area contributed by atoms with Crippen molar-refractivity contribution >= 4 is 5.78 Å². The third kappa shape index (κ3) is 5.30. The highest BCUT2D eigenvalue weighted by Gasteiger charge is 2.35. The largest absolute Gasteiger partial charge is 0.416 e. The molecule has 168 valence electrons. The molecule has 0 bridgehead atoms. The van der Waals surface area contributed by atoms with Gasteiger partial charge in [-0.25, -0.2) is 9.37 Å². The number of aromatic amines is 1. The minimum Gasteiger partial charge on any atom is -0.306 e. The van der Waals surface area contributed by atoms with Crippen molar-refractivity contribution in [2.75, 3.05) is 0 Å². The molecule has 0 saturated heterocycles. The highest BCUT2D eigenvalue weighted by molar-refractivity contribution is 5.95. The number of carbonyl (C=O) groups excluding carboxylic acids is 1. The van der Waals surface area contributed by atoms with Crippen molar-refractivity contribution < 1.29 is 22.4 Å². The molecule has 0 radical (unpaired) electrons. The summed E-state index contributed by atoms with van der Waals surface area (Å²) in [6, 6.07) is 12.1. The van der Waals surface area contributed by atoms with E-state index in [1.807, 2.05) is 0 Å². The fourth-order valence-corrected chi connectivity index (χ4v) is 3.49. The van der Waals surface area contributed by atoms with Crippen molar-refractivity contribution in [3.05, 3.63) is 87.6 Å². The van der Waals surface area contributed by atoms with Crippen LogP contribution in [0.2, 0.25) is 0 Å². The van der Waals surface area contributed by atoms with Crippen molar-refractivity contribution in [2.45, 2.75) is 39.3 Å². The molecule has 1 aromatic heterocycles. The zero-order valence-electron chi connectivity index (χ0n) is 17.8. The van der Waals surface area contributed by atoms with E-state index in [1.54, 1.807) is 51.1 Å². The van der Waals surface area contributed by atoms with Gasteiger partial charge in [0.15, 0.2) is 5.78 Å². The van der Waals surface area contributed by atoms with E-state index in [9.17, 15) is 27.2 Å². The van der Waals surface area contributed by atoms with Gasteiger partial charge in [0.2, 0.25) is 0 Å². The Bertz CT molecular complexity index is 1180. The van der Waals surface area contributed by atoms with Gasteiger partial charge >= 0.3 is 6.18 Å². The summed E-state index contributed by atoms with van der Waals surface area (Å²) in [6.07, 6.45) is -4.90. The molecule has 0 saturated carbocycles. The van der Waals surface area contributed by atoms with Gasteiger partial charge in [0.25, 0.3) is 5.56 Å². The maximum Gasteiger partial charge on any atom is 0.416 e. The number of aromatic nitrogens is 2. The van der Waals surface area contributed by atoms with Crippen LogP contribution in [0.3, 0.4) is 0 Å². The monoisotopic (exact) mass is 446 g/mol. The quantitative estimate of drug-likeness (QED) is 0.386. The molecule has 0 aliphatic heterocycles. The second-order valence-corrected chi connectivity index (χ2v) is 8.63. The minimum absolute atomic E-state index is 0.00646. The van der Waals surface area contributed by atoms with Gasteiger partial charge in [-0.1, -0.05) is 57.2 Å². The number of rotatable bonds is 5. The van der Waals surface area contributed by atoms with E-state index >= 15 is 0 Å². The maximum absolute atomic E-state index is 14.7. The predicted octanol–water partition coefficient (Wildman–Crippen LogP) is 6.00. The molecule has 1 atom stereocenters. The fraction of sp³-hybridized carbons (Fsp3) is 0.292. The molecule has 0 spiro atoms. The van der Waals surface area contributed by atoms with Crippen LogP contribution in [0.15, 0.2) is 59.4 Å².